The summed E-state index contributed by atoms with van der Waals surface area (Å²) < 4.78 is 25.8. The van der Waals surface area contributed by atoms with Crippen LogP contribution in [0.3, 0.4) is 0 Å². The molecular weight excluding hydrogens is 389 g/mol. The van der Waals surface area contributed by atoms with Crippen LogP contribution in [0.4, 0.5) is 14.9 Å². The first-order valence-corrected chi connectivity index (χ1v) is 10.5. The second-order valence-electron chi connectivity index (χ2n) is 9.21. The van der Waals surface area contributed by atoms with Gasteiger partial charge in [0.25, 0.3) is 5.91 Å². The van der Waals surface area contributed by atoms with Crippen molar-refractivity contribution in [3.05, 3.63) is 29.6 Å². The minimum absolute atomic E-state index is 0.0198. The van der Waals surface area contributed by atoms with Gasteiger partial charge in [0.1, 0.15) is 11.4 Å². The molecule has 2 fully saturated rings. The Kier molecular flexibility index (Phi) is 6.55. The van der Waals surface area contributed by atoms with Crippen molar-refractivity contribution in [3.8, 4) is 0 Å². The number of benzene rings is 1. The summed E-state index contributed by atoms with van der Waals surface area (Å²) in [4.78, 5) is 28.3. The summed E-state index contributed by atoms with van der Waals surface area (Å²) in [7, 11) is 0. The lowest BCUT2D eigenvalue weighted by Crippen LogP contribution is -2.45. The minimum atomic E-state index is -0.562. The van der Waals surface area contributed by atoms with Crippen LogP contribution < -0.4 is 10.2 Å². The topological polar surface area (TPSA) is 71.1 Å². The Morgan fingerprint density at radius 2 is 1.83 bits per heavy atom. The highest BCUT2D eigenvalue weighted by Gasteiger charge is 2.31. The number of anilines is 1. The second-order valence-corrected chi connectivity index (χ2v) is 9.21. The number of nitrogens with zero attached hydrogens (tertiary/aromatic N) is 2. The summed E-state index contributed by atoms with van der Waals surface area (Å²) in [5, 5.41) is 2.89. The number of hydrogen-bond acceptors (Lipinski definition) is 5. The van der Waals surface area contributed by atoms with Crippen LogP contribution in [0.2, 0.25) is 0 Å². The number of nitrogens with one attached hydrogen (secondary N) is 1. The fraction of sp³-hybridized carbons (Fsp3) is 0.636. The van der Waals surface area contributed by atoms with Crippen molar-refractivity contribution in [1.29, 1.82) is 0 Å². The number of likely N-dealkylation sites (tertiary alicyclic amines) is 1. The Bertz CT molecular complexity index is 785. The van der Waals surface area contributed by atoms with Gasteiger partial charge in [0.15, 0.2) is 0 Å². The highest BCUT2D eigenvalue weighted by molar-refractivity contribution is 5.94. The third-order valence-corrected chi connectivity index (χ3v) is 5.15. The van der Waals surface area contributed by atoms with Crippen LogP contribution >= 0.6 is 0 Å². The largest absolute Gasteiger partial charge is 0.444 e. The molecule has 30 heavy (non-hydrogen) atoms. The van der Waals surface area contributed by atoms with E-state index in [1.165, 1.54) is 6.07 Å². The summed E-state index contributed by atoms with van der Waals surface area (Å²) in [5.74, 6) is -0.772. The first-order valence-electron chi connectivity index (χ1n) is 10.5. The molecule has 1 N–H and O–H groups in total. The summed E-state index contributed by atoms with van der Waals surface area (Å²) in [6, 6.07) is 4.37. The van der Waals surface area contributed by atoms with Crippen LogP contribution in [0.15, 0.2) is 18.2 Å². The van der Waals surface area contributed by atoms with Gasteiger partial charge in [0.05, 0.1) is 17.9 Å². The lowest BCUT2D eigenvalue weighted by molar-refractivity contribution is -0.00540. The summed E-state index contributed by atoms with van der Waals surface area (Å²) in [5.41, 5.74) is 0.181. The summed E-state index contributed by atoms with van der Waals surface area (Å²) >= 11 is 0. The molecule has 1 aromatic carbocycles. The Morgan fingerprint density at radius 1 is 1.17 bits per heavy atom. The zero-order valence-corrected chi connectivity index (χ0v) is 18.4. The minimum Gasteiger partial charge on any atom is -0.444 e. The number of morpholine rings is 1. The molecule has 2 saturated heterocycles. The quantitative estimate of drug-likeness (QED) is 0.812. The van der Waals surface area contributed by atoms with Crippen LogP contribution in [0.5, 0.6) is 0 Å². The van der Waals surface area contributed by atoms with Crippen molar-refractivity contribution in [2.45, 2.75) is 64.9 Å². The molecule has 2 aliphatic heterocycles. The molecule has 3 rings (SSSR count). The van der Waals surface area contributed by atoms with Gasteiger partial charge in [-0.05, 0) is 59.2 Å². The van der Waals surface area contributed by atoms with Gasteiger partial charge in [-0.25, -0.2) is 9.18 Å². The number of ether oxygens (including phenoxy) is 2. The number of halogens is 1. The SMILES string of the molecule is CC1CN(c2ccc(C(=O)NC3CCN(C(=O)OC(C)(C)C)C3)cc2F)CC(C)O1. The molecule has 0 radical (unpaired) electrons. The van der Waals surface area contributed by atoms with E-state index in [1.54, 1.807) is 17.0 Å². The van der Waals surface area contributed by atoms with Gasteiger partial charge in [-0.3, -0.25) is 4.79 Å². The van der Waals surface area contributed by atoms with Crippen molar-refractivity contribution in [1.82, 2.24) is 10.2 Å². The Morgan fingerprint density at radius 3 is 2.43 bits per heavy atom. The molecule has 0 bridgehead atoms. The third kappa shape index (κ3) is 5.62. The van der Waals surface area contributed by atoms with E-state index in [0.29, 0.717) is 38.3 Å². The normalized spacial score (nSPS) is 24.7. The first kappa shape index (κ1) is 22.3. The number of rotatable bonds is 3. The van der Waals surface area contributed by atoms with Gasteiger partial charge < -0.3 is 24.6 Å². The van der Waals surface area contributed by atoms with Gasteiger partial charge in [-0.1, -0.05) is 0 Å². The van der Waals surface area contributed by atoms with Crippen LogP contribution in [0, 0.1) is 5.82 Å². The average Bonchev–Trinajstić information content (AvgIpc) is 3.08. The maximum Gasteiger partial charge on any atom is 0.410 e. The zero-order chi connectivity index (χ0) is 22.1. The van der Waals surface area contributed by atoms with Crippen LogP contribution in [0.1, 0.15) is 51.4 Å². The molecule has 0 aromatic heterocycles. The van der Waals surface area contributed by atoms with Crippen molar-refractivity contribution < 1.29 is 23.5 Å². The first-order chi connectivity index (χ1) is 14.0. The van der Waals surface area contributed by atoms with E-state index in [1.807, 2.05) is 39.5 Å². The summed E-state index contributed by atoms with van der Waals surface area (Å²) in [6.45, 7) is 11.5. The maximum absolute atomic E-state index is 14.8. The van der Waals surface area contributed by atoms with Gasteiger partial charge in [-0.2, -0.15) is 0 Å². The molecule has 3 unspecified atom stereocenters. The van der Waals surface area contributed by atoms with Gasteiger partial charge in [-0.15, -0.1) is 0 Å². The smallest absolute Gasteiger partial charge is 0.410 e. The Hall–Kier alpha value is -2.35. The van der Waals surface area contributed by atoms with E-state index in [-0.39, 0.29) is 35.8 Å². The molecule has 2 aliphatic rings. The molecule has 8 heteroatoms. The molecule has 0 spiro atoms. The molecule has 2 heterocycles. The third-order valence-electron chi connectivity index (χ3n) is 5.15. The van der Waals surface area contributed by atoms with Crippen molar-refractivity contribution >= 4 is 17.7 Å². The average molecular weight is 422 g/mol. The monoisotopic (exact) mass is 421 g/mol. The molecule has 7 nitrogen and oxygen atoms in total. The maximum atomic E-state index is 14.8. The van der Waals surface area contributed by atoms with Gasteiger partial charge in [0, 0.05) is 37.8 Å². The number of carbonyl (C=O) groups is 2. The Balaban J connectivity index is 1.59. The fourth-order valence-electron chi connectivity index (χ4n) is 3.92. The molecule has 0 saturated carbocycles. The van der Waals surface area contributed by atoms with E-state index >= 15 is 0 Å². The van der Waals surface area contributed by atoms with Crippen molar-refractivity contribution in [2.24, 2.45) is 0 Å². The van der Waals surface area contributed by atoms with Crippen molar-refractivity contribution in [2.75, 3.05) is 31.1 Å². The molecule has 0 aliphatic carbocycles. The predicted molar refractivity (Wildman–Crippen MR) is 112 cm³/mol. The zero-order valence-electron chi connectivity index (χ0n) is 18.4. The standard InChI is InChI=1S/C22H32FN3O4/c1-14-11-26(12-15(2)29-14)19-7-6-16(10-18(19)23)20(27)24-17-8-9-25(13-17)21(28)30-22(3,4)5/h6-7,10,14-15,17H,8-9,11-13H2,1-5H3,(H,24,27). The lowest BCUT2D eigenvalue weighted by Gasteiger charge is -2.37. The number of hydrogen-bond donors (Lipinski definition) is 1. The highest BCUT2D eigenvalue weighted by atomic mass is 19.1. The molecule has 166 valence electrons. The van der Waals surface area contributed by atoms with Gasteiger partial charge in [0.2, 0.25) is 0 Å². The summed E-state index contributed by atoms with van der Waals surface area (Å²) in [6.07, 6.45) is 0.288. The van der Waals surface area contributed by atoms with E-state index in [4.69, 9.17) is 9.47 Å². The highest BCUT2D eigenvalue weighted by Crippen LogP contribution is 2.25. The lowest BCUT2D eigenvalue weighted by atomic mass is 10.1. The van der Waals surface area contributed by atoms with E-state index in [2.05, 4.69) is 5.32 Å². The molecule has 2 amide bonds. The number of carbonyl (C=O) groups excluding carboxylic acids is 2. The van der Waals surface area contributed by atoms with E-state index < -0.39 is 11.4 Å². The molecule has 3 atom stereocenters. The number of amides is 2. The van der Waals surface area contributed by atoms with E-state index in [9.17, 15) is 14.0 Å². The predicted octanol–water partition coefficient (Wildman–Crippen LogP) is 3.18. The second kappa shape index (κ2) is 8.79. The van der Waals surface area contributed by atoms with Crippen LogP contribution in [0.25, 0.3) is 0 Å². The Labute approximate surface area is 177 Å². The molecule has 1 aromatic rings. The fourth-order valence-corrected chi connectivity index (χ4v) is 3.92. The van der Waals surface area contributed by atoms with E-state index in [0.717, 1.165) is 0 Å². The van der Waals surface area contributed by atoms with Crippen LogP contribution in [-0.4, -0.2) is 66.9 Å². The van der Waals surface area contributed by atoms with Crippen molar-refractivity contribution in [3.63, 3.8) is 0 Å². The van der Waals surface area contributed by atoms with Gasteiger partial charge >= 0.3 is 6.09 Å². The molecular formula is C22H32FN3O4. The van der Waals surface area contributed by atoms with Crippen LogP contribution in [-0.2, 0) is 9.47 Å².